The number of rotatable bonds is 4. The van der Waals surface area contributed by atoms with Crippen molar-refractivity contribution in [1.82, 2.24) is 0 Å². The van der Waals surface area contributed by atoms with Gasteiger partial charge in [-0.15, -0.1) is 0 Å². The summed E-state index contributed by atoms with van der Waals surface area (Å²) < 4.78 is 26.5. The zero-order valence-corrected chi connectivity index (χ0v) is 13.4. The van der Waals surface area contributed by atoms with E-state index in [0.29, 0.717) is 10.7 Å². The summed E-state index contributed by atoms with van der Waals surface area (Å²) in [4.78, 5) is 0.0500. The molecular weight excluding hydrogens is 308 g/mol. The summed E-state index contributed by atoms with van der Waals surface area (Å²) in [5.41, 5.74) is 7.65. The number of sulfonamides is 1. The van der Waals surface area contributed by atoms with Crippen LogP contribution in [0.15, 0.2) is 47.4 Å². The SMILES string of the molecule is CCc1ccc(N(C)S(=O)(=O)c2ccc(Cl)cc2N)cc1. The lowest BCUT2D eigenvalue weighted by molar-refractivity contribution is 0.595. The lowest BCUT2D eigenvalue weighted by Gasteiger charge is -2.20. The summed E-state index contributed by atoms with van der Waals surface area (Å²) in [5, 5.41) is 0.404. The fourth-order valence-electron chi connectivity index (χ4n) is 1.98. The van der Waals surface area contributed by atoms with Gasteiger partial charge in [-0.2, -0.15) is 0 Å². The van der Waals surface area contributed by atoms with Crippen LogP contribution < -0.4 is 10.0 Å². The van der Waals surface area contributed by atoms with E-state index in [1.807, 2.05) is 19.1 Å². The summed E-state index contributed by atoms with van der Waals surface area (Å²) in [7, 11) is -2.21. The van der Waals surface area contributed by atoms with Gasteiger partial charge < -0.3 is 5.73 Å². The van der Waals surface area contributed by atoms with Gasteiger partial charge in [0.25, 0.3) is 10.0 Å². The molecule has 0 amide bonds. The van der Waals surface area contributed by atoms with Gasteiger partial charge in [0, 0.05) is 12.1 Å². The van der Waals surface area contributed by atoms with Gasteiger partial charge in [0.2, 0.25) is 0 Å². The molecule has 0 fully saturated rings. The number of halogens is 1. The Morgan fingerprint density at radius 1 is 1.14 bits per heavy atom. The van der Waals surface area contributed by atoms with Gasteiger partial charge >= 0.3 is 0 Å². The Hall–Kier alpha value is -1.72. The molecule has 0 unspecified atom stereocenters. The molecule has 0 aliphatic rings. The number of nitrogen functional groups attached to an aromatic ring is 1. The molecule has 0 saturated heterocycles. The second-order valence-corrected chi connectivity index (χ2v) is 7.05. The number of benzene rings is 2. The molecule has 0 saturated carbocycles. The average Bonchev–Trinajstić information content (AvgIpc) is 2.46. The molecule has 0 atom stereocenters. The van der Waals surface area contributed by atoms with E-state index >= 15 is 0 Å². The van der Waals surface area contributed by atoms with Crippen molar-refractivity contribution in [2.24, 2.45) is 0 Å². The molecule has 0 spiro atoms. The van der Waals surface area contributed by atoms with Crippen molar-refractivity contribution >= 4 is 33.0 Å². The number of hydrogen-bond acceptors (Lipinski definition) is 3. The first-order valence-electron chi connectivity index (χ1n) is 6.49. The minimum atomic E-state index is -3.71. The normalized spacial score (nSPS) is 11.4. The van der Waals surface area contributed by atoms with Crippen LogP contribution in [0.3, 0.4) is 0 Å². The maximum Gasteiger partial charge on any atom is 0.266 e. The van der Waals surface area contributed by atoms with Crippen LogP contribution in [0.25, 0.3) is 0 Å². The van der Waals surface area contributed by atoms with E-state index < -0.39 is 10.0 Å². The van der Waals surface area contributed by atoms with Gasteiger partial charge in [-0.1, -0.05) is 30.7 Å². The van der Waals surface area contributed by atoms with E-state index in [1.165, 1.54) is 29.6 Å². The van der Waals surface area contributed by atoms with Gasteiger partial charge in [0.15, 0.2) is 0 Å². The molecule has 112 valence electrons. The van der Waals surface area contributed by atoms with E-state index in [1.54, 1.807) is 12.1 Å². The van der Waals surface area contributed by atoms with E-state index in [2.05, 4.69) is 0 Å². The van der Waals surface area contributed by atoms with Crippen LogP contribution in [-0.4, -0.2) is 15.5 Å². The highest BCUT2D eigenvalue weighted by atomic mass is 35.5. The second kappa shape index (κ2) is 5.95. The molecule has 0 radical (unpaired) electrons. The van der Waals surface area contributed by atoms with Crippen molar-refractivity contribution in [3.63, 3.8) is 0 Å². The molecular formula is C15H17ClN2O2S. The highest BCUT2D eigenvalue weighted by Crippen LogP contribution is 2.28. The largest absolute Gasteiger partial charge is 0.398 e. The molecule has 0 bridgehead atoms. The average molecular weight is 325 g/mol. The lowest BCUT2D eigenvalue weighted by atomic mass is 10.1. The Balaban J connectivity index is 2.42. The molecule has 0 aliphatic heterocycles. The molecule has 21 heavy (non-hydrogen) atoms. The number of hydrogen-bond donors (Lipinski definition) is 1. The molecule has 2 rings (SSSR count). The van der Waals surface area contributed by atoms with Gasteiger partial charge in [-0.3, -0.25) is 4.31 Å². The second-order valence-electron chi connectivity index (χ2n) is 4.67. The summed E-state index contributed by atoms with van der Waals surface area (Å²) in [6.45, 7) is 2.05. The van der Waals surface area contributed by atoms with Crippen molar-refractivity contribution in [3.05, 3.63) is 53.1 Å². The molecule has 0 aliphatic carbocycles. The maximum atomic E-state index is 12.6. The first kappa shape index (κ1) is 15.7. The monoisotopic (exact) mass is 324 g/mol. The van der Waals surface area contributed by atoms with E-state index in [-0.39, 0.29) is 10.6 Å². The fraction of sp³-hybridized carbons (Fsp3) is 0.200. The summed E-state index contributed by atoms with van der Waals surface area (Å²) >= 11 is 5.81. The van der Waals surface area contributed by atoms with Gasteiger partial charge in [0.1, 0.15) is 4.90 Å². The Morgan fingerprint density at radius 3 is 2.29 bits per heavy atom. The molecule has 6 heteroatoms. The molecule has 2 aromatic carbocycles. The van der Waals surface area contributed by atoms with Crippen molar-refractivity contribution in [1.29, 1.82) is 0 Å². The van der Waals surface area contributed by atoms with E-state index in [0.717, 1.165) is 12.0 Å². The number of nitrogens with zero attached hydrogens (tertiary/aromatic N) is 1. The number of aryl methyl sites for hydroxylation is 1. The third kappa shape index (κ3) is 3.14. The van der Waals surface area contributed by atoms with Crippen LogP contribution in [0.4, 0.5) is 11.4 Å². The van der Waals surface area contributed by atoms with Crippen LogP contribution in [0, 0.1) is 0 Å². The molecule has 0 aromatic heterocycles. The van der Waals surface area contributed by atoms with E-state index in [9.17, 15) is 8.42 Å². The van der Waals surface area contributed by atoms with Crippen LogP contribution >= 0.6 is 11.6 Å². The number of nitrogens with two attached hydrogens (primary N) is 1. The number of anilines is 2. The van der Waals surface area contributed by atoms with Crippen LogP contribution in [0.1, 0.15) is 12.5 Å². The van der Waals surface area contributed by atoms with Crippen molar-refractivity contribution in [2.45, 2.75) is 18.2 Å². The first-order valence-corrected chi connectivity index (χ1v) is 8.31. The minimum absolute atomic E-state index is 0.0500. The molecule has 4 nitrogen and oxygen atoms in total. The zero-order chi connectivity index (χ0) is 15.6. The van der Waals surface area contributed by atoms with Crippen molar-refractivity contribution < 1.29 is 8.42 Å². The highest BCUT2D eigenvalue weighted by molar-refractivity contribution is 7.93. The maximum absolute atomic E-state index is 12.6. The predicted molar refractivity (Wildman–Crippen MR) is 87.3 cm³/mol. The Labute approximate surface area is 130 Å². The van der Waals surface area contributed by atoms with Crippen LogP contribution in [0.5, 0.6) is 0 Å². The molecule has 0 heterocycles. The first-order chi connectivity index (χ1) is 9.86. The fourth-order valence-corrected chi connectivity index (χ4v) is 3.45. The Bertz CT molecular complexity index is 743. The third-order valence-electron chi connectivity index (χ3n) is 3.32. The van der Waals surface area contributed by atoms with E-state index in [4.69, 9.17) is 17.3 Å². The van der Waals surface area contributed by atoms with Crippen LogP contribution in [-0.2, 0) is 16.4 Å². The highest BCUT2D eigenvalue weighted by Gasteiger charge is 2.23. The predicted octanol–water partition coefficient (Wildman–Crippen LogP) is 3.31. The Morgan fingerprint density at radius 2 is 1.76 bits per heavy atom. The summed E-state index contributed by atoms with van der Waals surface area (Å²) in [6.07, 6.45) is 0.904. The minimum Gasteiger partial charge on any atom is -0.398 e. The topological polar surface area (TPSA) is 63.4 Å². The third-order valence-corrected chi connectivity index (χ3v) is 5.41. The lowest BCUT2D eigenvalue weighted by Crippen LogP contribution is -2.27. The van der Waals surface area contributed by atoms with Gasteiger partial charge in [-0.05, 0) is 42.3 Å². The quantitative estimate of drug-likeness (QED) is 0.878. The zero-order valence-electron chi connectivity index (χ0n) is 11.9. The Kier molecular flexibility index (Phi) is 4.44. The van der Waals surface area contributed by atoms with Gasteiger partial charge in [-0.25, -0.2) is 8.42 Å². The summed E-state index contributed by atoms with van der Waals surface area (Å²) in [5.74, 6) is 0. The molecule has 2 aromatic rings. The standard InChI is InChI=1S/C15H17ClN2O2S/c1-3-11-4-7-13(8-5-11)18(2)21(19,20)15-9-6-12(16)10-14(15)17/h4-10H,3,17H2,1-2H3. The van der Waals surface area contributed by atoms with Crippen molar-refractivity contribution in [2.75, 3.05) is 17.1 Å². The summed E-state index contributed by atoms with van der Waals surface area (Å²) in [6, 6.07) is 11.7. The smallest absolute Gasteiger partial charge is 0.266 e. The van der Waals surface area contributed by atoms with Gasteiger partial charge in [0.05, 0.1) is 11.4 Å². The molecule has 2 N–H and O–H groups in total. The van der Waals surface area contributed by atoms with Crippen LogP contribution in [0.2, 0.25) is 5.02 Å². The van der Waals surface area contributed by atoms with Crippen molar-refractivity contribution in [3.8, 4) is 0 Å².